The number of piperidine rings is 1. The number of nitrogens with zero attached hydrogens (tertiary/aromatic N) is 1. The van der Waals surface area contributed by atoms with Crippen LogP contribution in [0.4, 0.5) is 13.2 Å². The number of aliphatic carboxylic acids is 1. The number of hydrogen-bond donors (Lipinski definition) is 1. The van der Waals surface area contributed by atoms with Crippen molar-refractivity contribution in [1.82, 2.24) is 4.90 Å². The third-order valence-electron chi connectivity index (χ3n) is 3.60. The lowest BCUT2D eigenvalue weighted by Crippen LogP contribution is -2.38. The Morgan fingerprint density at radius 2 is 2.00 bits per heavy atom. The fraction of sp³-hybridized carbons (Fsp3) is 0.533. The Morgan fingerprint density at radius 3 is 2.58 bits per heavy atom. The van der Waals surface area contributed by atoms with Crippen LogP contribution in [0.15, 0.2) is 18.2 Å². The summed E-state index contributed by atoms with van der Waals surface area (Å²) in [6.07, 6.45) is -4.91. The minimum atomic E-state index is -4.61. The topological polar surface area (TPSA) is 59.0 Å². The zero-order valence-electron chi connectivity index (χ0n) is 12.7. The molecule has 2 rings (SSSR count). The lowest BCUT2D eigenvalue weighted by molar-refractivity contribution is -0.345. The molecule has 1 fully saturated rings. The first-order valence-electron chi connectivity index (χ1n) is 7.33. The Kier molecular flexibility index (Phi) is 6.31. The molecular weight excluding hydrogens is 351 g/mol. The van der Waals surface area contributed by atoms with Crippen molar-refractivity contribution in [2.75, 3.05) is 19.7 Å². The molecule has 0 aromatic heterocycles. The van der Waals surface area contributed by atoms with Crippen molar-refractivity contribution in [2.24, 2.45) is 0 Å². The zero-order valence-corrected chi connectivity index (χ0v) is 13.4. The molecule has 1 aliphatic rings. The van der Waals surface area contributed by atoms with Gasteiger partial charge in [-0.25, -0.2) is 4.79 Å². The fourth-order valence-corrected chi connectivity index (χ4v) is 2.76. The van der Waals surface area contributed by atoms with E-state index in [1.165, 1.54) is 0 Å². The highest BCUT2D eigenvalue weighted by molar-refractivity contribution is 6.30. The highest BCUT2D eigenvalue weighted by Crippen LogP contribution is 2.28. The summed E-state index contributed by atoms with van der Waals surface area (Å²) in [6.45, 7) is 0.807. The number of carboxylic acid groups (broad SMARTS) is 1. The smallest absolute Gasteiger partial charge is 0.482 e. The number of carboxylic acids is 1. The molecule has 0 aliphatic carbocycles. The van der Waals surface area contributed by atoms with Gasteiger partial charge in [-0.05, 0) is 31.0 Å². The van der Waals surface area contributed by atoms with Crippen LogP contribution in [-0.4, -0.2) is 48.1 Å². The summed E-state index contributed by atoms with van der Waals surface area (Å²) in [5.41, 5.74) is 0.693. The van der Waals surface area contributed by atoms with Gasteiger partial charge >= 0.3 is 12.3 Å². The summed E-state index contributed by atoms with van der Waals surface area (Å²) in [5, 5.41) is 9.17. The summed E-state index contributed by atoms with van der Waals surface area (Å²) < 4.78 is 45.9. The molecule has 0 spiro atoms. The number of hydrogen-bond acceptors (Lipinski definition) is 4. The van der Waals surface area contributed by atoms with E-state index in [1.807, 2.05) is 4.90 Å². The van der Waals surface area contributed by atoms with Gasteiger partial charge in [0.05, 0.1) is 6.10 Å². The molecular formula is C15H17ClF3NO4. The van der Waals surface area contributed by atoms with Gasteiger partial charge in [-0.2, -0.15) is 0 Å². The predicted molar refractivity (Wildman–Crippen MR) is 80.0 cm³/mol. The van der Waals surface area contributed by atoms with Crippen LogP contribution in [-0.2, 0) is 16.1 Å². The van der Waals surface area contributed by atoms with E-state index in [-0.39, 0.29) is 12.8 Å². The second kappa shape index (κ2) is 8.04. The average Bonchev–Trinajstić information content (AvgIpc) is 2.47. The monoisotopic (exact) mass is 367 g/mol. The van der Waals surface area contributed by atoms with Crippen LogP contribution < -0.4 is 4.74 Å². The molecule has 9 heteroatoms. The Labute approximate surface area is 141 Å². The molecule has 5 nitrogen and oxygen atoms in total. The Morgan fingerprint density at radius 1 is 1.33 bits per heavy atom. The number of likely N-dealkylation sites (tertiary alicyclic amines) is 1. The summed E-state index contributed by atoms with van der Waals surface area (Å²) >= 11 is 5.96. The number of carbonyl (C=O) groups is 1. The Bertz CT molecular complexity index is 574. The molecule has 1 aliphatic heterocycles. The van der Waals surface area contributed by atoms with Crippen molar-refractivity contribution >= 4 is 17.6 Å². The van der Waals surface area contributed by atoms with Gasteiger partial charge in [0.25, 0.3) is 0 Å². The molecule has 1 saturated heterocycles. The van der Waals surface area contributed by atoms with Gasteiger partial charge in [0.1, 0.15) is 5.75 Å². The van der Waals surface area contributed by atoms with Gasteiger partial charge in [-0.1, -0.05) is 11.6 Å². The Hall–Kier alpha value is -1.51. The van der Waals surface area contributed by atoms with Crippen molar-refractivity contribution in [3.63, 3.8) is 0 Å². The predicted octanol–water partition coefficient (Wildman–Crippen LogP) is 3.30. The zero-order chi connectivity index (χ0) is 17.7. The van der Waals surface area contributed by atoms with Crippen molar-refractivity contribution in [3.05, 3.63) is 28.8 Å². The molecule has 1 heterocycles. The molecule has 1 aromatic rings. The molecule has 0 unspecified atom stereocenters. The van der Waals surface area contributed by atoms with Gasteiger partial charge in [0.2, 0.25) is 0 Å². The van der Waals surface area contributed by atoms with E-state index >= 15 is 0 Å². The van der Waals surface area contributed by atoms with Crippen molar-refractivity contribution in [2.45, 2.75) is 31.9 Å². The molecule has 1 aromatic carbocycles. The number of benzene rings is 1. The molecule has 134 valence electrons. The van der Waals surface area contributed by atoms with Crippen molar-refractivity contribution < 1.29 is 32.5 Å². The van der Waals surface area contributed by atoms with E-state index in [9.17, 15) is 18.0 Å². The van der Waals surface area contributed by atoms with Crippen LogP contribution >= 0.6 is 11.6 Å². The largest absolute Gasteiger partial charge is 0.522 e. The van der Waals surface area contributed by atoms with Crippen LogP contribution in [0.5, 0.6) is 5.75 Å². The maximum absolute atomic E-state index is 12.2. The lowest BCUT2D eigenvalue weighted by Gasteiger charge is -2.32. The van der Waals surface area contributed by atoms with Crippen molar-refractivity contribution in [3.8, 4) is 5.75 Å². The molecule has 1 N–H and O–H groups in total. The van der Waals surface area contributed by atoms with Gasteiger partial charge in [-0.15, -0.1) is 13.2 Å². The number of rotatable bonds is 6. The summed E-state index contributed by atoms with van der Waals surface area (Å²) in [4.78, 5) is 12.6. The molecule has 0 saturated carbocycles. The summed E-state index contributed by atoms with van der Waals surface area (Å²) in [5.74, 6) is -0.698. The second-order valence-electron chi connectivity index (χ2n) is 5.47. The number of alkyl halides is 3. The van der Waals surface area contributed by atoms with E-state index in [2.05, 4.69) is 4.74 Å². The summed E-state index contributed by atoms with van der Waals surface area (Å²) in [6, 6.07) is 4.84. The fourth-order valence-electron chi connectivity index (χ4n) is 2.57. The first kappa shape index (κ1) is 18.8. The minimum Gasteiger partial charge on any atom is -0.482 e. The van der Waals surface area contributed by atoms with Gasteiger partial charge in [0, 0.05) is 30.2 Å². The molecule has 24 heavy (non-hydrogen) atoms. The van der Waals surface area contributed by atoms with Crippen LogP contribution in [0.1, 0.15) is 18.4 Å². The molecule has 0 amide bonds. The third-order valence-corrected chi connectivity index (χ3v) is 3.84. The summed E-state index contributed by atoms with van der Waals surface area (Å²) in [7, 11) is 0. The number of ether oxygens (including phenoxy) is 2. The van der Waals surface area contributed by atoms with E-state index in [4.69, 9.17) is 21.4 Å². The first-order chi connectivity index (χ1) is 11.2. The second-order valence-corrected chi connectivity index (χ2v) is 5.91. The van der Waals surface area contributed by atoms with Crippen molar-refractivity contribution in [1.29, 1.82) is 0 Å². The molecule has 0 radical (unpaired) electrons. The highest BCUT2D eigenvalue weighted by atomic mass is 35.5. The standard InChI is InChI=1S/C15H17ClF3NO4/c16-11-1-2-13(23-9-14(21)22)10(7-11)8-20-5-3-12(4-6-20)24-15(17,18)19/h1-2,7,12H,3-6,8-9H2,(H,21,22). The maximum Gasteiger partial charge on any atom is 0.522 e. The van der Waals surface area contributed by atoms with E-state index in [0.717, 1.165) is 0 Å². The normalized spacial score (nSPS) is 17.0. The van der Waals surface area contributed by atoms with Crippen LogP contribution in [0, 0.1) is 0 Å². The molecule has 0 atom stereocenters. The lowest BCUT2D eigenvalue weighted by atomic mass is 10.1. The van der Waals surface area contributed by atoms with E-state index in [1.54, 1.807) is 18.2 Å². The highest BCUT2D eigenvalue weighted by Gasteiger charge is 2.35. The average molecular weight is 368 g/mol. The van der Waals surface area contributed by atoms with Crippen LogP contribution in [0.25, 0.3) is 0 Å². The van der Waals surface area contributed by atoms with E-state index in [0.29, 0.717) is 36.0 Å². The van der Waals surface area contributed by atoms with Crippen LogP contribution in [0.2, 0.25) is 5.02 Å². The third kappa shape index (κ3) is 6.18. The Balaban J connectivity index is 1.94. The van der Waals surface area contributed by atoms with Gasteiger partial charge in [0.15, 0.2) is 6.61 Å². The van der Waals surface area contributed by atoms with Crippen LogP contribution in [0.3, 0.4) is 0 Å². The maximum atomic E-state index is 12.2. The van der Waals surface area contributed by atoms with E-state index < -0.39 is 25.0 Å². The minimum absolute atomic E-state index is 0.269. The van der Waals surface area contributed by atoms with Gasteiger partial charge < -0.3 is 9.84 Å². The molecule has 0 bridgehead atoms. The number of halogens is 4. The SMILES string of the molecule is O=C(O)COc1ccc(Cl)cc1CN1CCC(OC(F)(F)F)CC1. The quantitative estimate of drug-likeness (QED) is 0.836. The first-order valence-corrected chi connectivity index (χ1v) is 7.70. The van der Waals surface area contributed by atoms with Gasteiger partial charge in [-0.3, -0.25) is 9.64 Å².